The Morgan fingerprint density at radius 1 is 1.19 bits per heavy atom. The predicted molar refractivity (Wildman–Crippen MR) is 84.4 cm³/mol. The Morgan fingerprint density at radius 2 is 1.90 bits per heavy atom. The first-order valence-corrected chi connectivity index (χ1v) is 7.29. The van der Waals surface area contributed by atoms with Gasteiger partial charge in [-0.25, -0.2) is 4.39 Å². The van der Waals surface area contributed by atoms with Gasteiger partial charge in [-0.1, -0.05) is 41.4 Å². The summed E-state index contributed by atoms with van der Waals surface area (Å²) in [6, 6.07) is 9.69. The zero-order valence-corrected chi connectivity index (χ0v) is 13.0. The van der Waals surface area contributed by atoms with Gasteiger partial charge < -0.3 is 10.8 Å². The topological polar surface area (TPSA) is 46.2 Å². The molecule has 2 unspecified atom stereocenters. The summed E-state index contributed by atoms with van der Waals surface area (Å²) in [6.07, 6.45) is -1.03. The standard InChI is InChI=1S/C16H16Cl2FNO/c1-9-5-6-10(13(18)7-9)16(21)11(8-20)15-12(17)3-2-4-14(15)19/h2-7,11,16,21H,8,20H2,1H3. The summed E-state index contributed by atoms with van der Waals surface area (Å²) >= 11 is 12.2. The molecule has 0 radical (unpaired) electrons. The van der Waals surface area contributed by atoms with Crippen LogP contribution in [0.3, 0.4) is 0 Å². The minimum atomic E-state index is -1.03. The molecule has 0 spiro atoms. The third-order valence-electron chi connectivity index (χ3n) is 3.48. The molecule has 0 aromatic heterocycles. The molecule has 0 aliphatic rings. The molecule has 0 bridgehead atoms. The lowest BCUT2D eigenvalue weighted by atomic mass is 9.88. The second-order valence-corrected chi connectivity index (χ2v) is 5.76. The van der Waals surface area contributed by atoms with E-state index in [1.165, 1.54) is 12.1 Å². The Morgan fingerprint density at radius 3 is 2.48 bits per heavy atom. The van der Waals surface area contributed by atoms with Gasteiger partial charge in [0.05, 0.1) is 6.10 Å². The van der Waals surface area contributed by atoms with E-state index in [4.69, 9.17) is 28.9 Å². The molecule has 0 saturated carbocycles. The summed E-state index contributed by atoms with van der Waals surface area (Å²) in [5.41, 5.74) is 7.43. The van der Waals surface area contributed by atoms with E-state index in [1.54, 1.807) is 18.2 Å². The van der Waals surface area contributed by atoms with Crippen molar-refractivity contribution in [1.82, 2.24) is 0 Å². The summed E-state index contributed by atoms with van der Waals surface area (Å²) in [7, 11) is 0. The van der Waals surface area contributed by atoms with E-state index in [1.807, 2.05) is 13.0 Å². The highest BCUT2D eigenvalue weighted by Gasteiger charge is 2.27. The number of halogens is 3. The first-order chi connectivity index (χ1) is 9.95. The van der Waals surface area contributed by atoms with Crippen molar-refractivity contribution >= 4 is 23.2 Å². The molecule has 2 nitrogen and oxygen atoms in total. The van der Waals surface area contributed by atoms with Crippen molar-refractivity contribution in [3.63, 3.8) is 0 Å². The van der Waals surface area contributed by atoms with Gasteiger partial charge in [-0.05, 0) is 36.2 Å². The van der Waals surface area contributed by atoms with Crippen LogP contribution in [0.2, 0.25) is 10.0 Å². The molecular weight excluding hydrogens is 312 g/mol. The van der Waals surface area contributed by atoms with E-state index in [-0.39, 0.29) is 17.1 Å². The van der Waals surface area contributed by atoms with Crippen LogP contribution in [0.4, 0.5) is 4.39 Å². The van der Waals surface area contributed by atoms with E-state index >= 15 is 0 Å². The molecule has 3 N–H and O–H groups in total. The number of aryl methyl sites for hydroxylation is 1. The maximum Gasteiger partial charge on any atom is 0.128 e. The van der Waals surface area contributed by atoms with Crippen molar-refractivity contribution < 1.29 is 9.50 Å². The number of hydrogen-bond acceptors (Lipinski definition) is 2. The summed E-state index contributed by atoms with van der Waals surface area (Å²) < 4.78 is 14.0. The highest BCUT2D eigenvalue weighted by Crippen LogP contribution is 2.38. The molecular formula is C16H16Cl2FNO. The smallest absolute Gasteiger partial charge is 0.128 e. The van der Waals surface area contributed by atoms with Gasteiger partial charge in [0.2, 0.25) is 0 Å². The Hall–Kier alpha value is -1.13. The monoisotopic (exact) mass is 327 g/mol. The molecule has 0 heterocycles. The van der Waals surface area contributed by atoms with Crippen molar-refractivity contribution in [2.75, 3.05) is 6.54 Å². The summed E-state index contributed by atoms with van der Waals surface area (Å²) in [5, 5.41) is 11.2. The summed E-state index contributed by atoms with van der Waals surface area (Å²) in [5.74, 6) is -1.15. The summed E-state index contributed by atoms with van der Waals surface area (Å²) in [6.45, 7) is 1.95. The van der Waals surface area contributed by atoms with Gasteiger partial charge in [0.25, 0.3) is 0 Å². The third-order valence-corrected chi connectivity index (χ3v) is 4.14. The minimum Gasteiger partial charge on any atom is -0.388 e. The van der Waals surface area contributed by atoms with Crippen LogP contribution in [0, 0.1) is 12.7 Å². The van der Waals surface area contributed by atoms with Gasteiger partial charge in [0.15, 0.2) is 0 Å². The lowest BCUT2D eigenvalue weighted by Crippen LogP contribution is -2.22. The molecule has 2 rings (SSSR count). The average molecular weight is 328 g/mol. The maximum absolute atomic E-state index is 14.0. The minimum absolute atomic E-state index is 0.0476. The number of hydrogen-bond donors (Lipinski definition) is 2. The largest absolute Gasteiger partial charge is 0.388 e. The van der Waals surface area contributed by atoms with Crippen LogP contribution < -0.4 is 5.73 Å². The Bertz CT molecular complexity index is 628. The lowest BCUT2D eigenvalue weighted by Gasteiger charge is -2.24. The van der Waals surface area contributed by atoms with E-state index in [2.05, 4.69) is 0 Å². The fraction of sp³-hybridized carbons (Fsp3) is 0.250. The Kier molecular flexibility index (Phi) is 5.22. The average Bonchev–Trinajstić information content (AvgIpc) is 2.42. The highest BCUT2D eigenvalue weighted by atomic mass is 35.5. The molecule has 21 heavy (non-hydrogen) atoms. The van der Waals surface area contributed by atoms with Gasteiger partial charge in [-0.15, -0.1) is 0 Å². The van der Waals surface area contributed by atoms with Crippen LogP contribution >= 0.6 is 23.2 Å². The van der Waals surface area contributed by atoms with E-state index < -0.39 is 17.8 Å². The first-order valence-electron chi connectivity index (χ1n) is 6.53. The fourth-order valence-electron chi connectivity index (χ4n) is 2.36. The third kappa shape index (κ3) is 3.38. The van der Waals surface area contributed by atoms with Gasteiger partial charge in [-0.3, -0.25) is 0 Å². The summed E-state index contributed by atoms with van der Waals surface area (Å²) in [4.78, 5) is 0. The van der Waals surface area contributed by atoms with E-state index in [9.17, 15) is 9.50 Å². The molecule has 112 valence electrons. The Balaban J connectivity index is 2.46. The van der Waals surface area contributed by atoms with Crippen molar-refractivity contribution in [1.29, 1.82) is 0 Å². The molecule has 2 atom stereocenters. The molecule has 0 aliphatic heterocycles. The van der Waals surface area contributed by atoms with Crippen molar-refractivity contribution in [3.05, 3.63) is 69.0 Å². The van der Waals surface area contributed by atoms with E-state index in [0.717, 1.165) is 5.56 Å². The van der Waals surface area contributed by atoms with Crippen molar-refractivity contribution in [2.24, 2.45) is 5.73 Å². The van der Waals surface area contributed by atoms with Crippen LogP contribution in [-0.2, 0) is 0 Å². The van der Waals surface area contributed by atoms with Crippen molar-refractivity contribution in [2.45, 2.75) is 18.9 Å². The number of rotatable bonds is 4. The molecule has 0 saturated heterocycles. The first kappa shape index (κ1) is 16.2. The zero-order valence-electron chi connectivity index (χ0n) is 11.5. The maximum atomic E-state index is 14.0. The van der Waals surface area contributed by atoms with Crippen LogP contribution in [0.1, 0.15) is 28.7 Å². The quantitative estimate of drug-likeness (QED) is 0.883. The predicted octanol–water partition coefficient (Wildman–Crippen LogP) is 4.22. The van der Waals surface area contributed by atoms with Crippen LogP contribution in [0.5, 0.6) is 0 Å². The van der Waals surface area contributed by atoms with Gasteiger partial charge >= 0.3 is 0 Å². The van der Waals surface area contributed by atoms with Gasteiger partial charge in [0.1, 0.15) is 5.82 Å². The lowest BCUT2D eigenvalue weighted by molar-refractivity contribution is 0.146. The number of aliphatic hydroxyl groups excluding tert-OH is 1. The number of benzene rings is 2. The van der Waals surface area contributed by atoms with Crippen LogP contribution in [0.25, 0.3) is 0 Å². The molecule has 0 fully saturated rings. The van der Waals surface area contributed by atoms with E-state index in [0.29, 0.717) is 10.6 Å². The van der Waals surface area contributed by atoms with Crippen LogP contribution in [-0.4, -0.2) is 11.7 Å². The molecule has 5 heteroatoms. The zero-order chi connectivity index (χ0) is 15.6. The normalized spacial score (nSPS) is 14.0. The SMILES string of the molecule is Cc1ccc(C(O)C(CN)c2c(F)cccc2Cl)c(Cl)c1. The Labute approximate surface area is 133 Å². The second kappa shape index (κ2) is 6.75. The highest BCUT2D eigenvalue weighted by molar-refractivity contribution is 6.32. The molecule has 0 aliphatic carbocycles. The fourth-order valence-corrected chi connectivity index (χ4v) is 3.01. The number of aliphatic hydroxyl groups is 1. The van der Waals surface area contributed by atoms with Crippen molar-refractivity contribution in [3.8, 4) is 0 Å². The molecule has 0 amide bonds. The molecule has 2 aromatic rings. The number of nitrogens with two attached hydrogens (primary N) is 1. The van der Waals surface area contributed by atoms with Gasteiger partial charge in [-0.2, -0.15) is 0 Å². The van der Waals surface area contributed by atoms with Crippen LogP contribution in [0.15, 0.2) is 36.4 Å². The van der Waals surface area contributed by atoms with Gasteiger partial charge in [0, 0.05) is 28.1 Å². The molecule has 2 aromatic carbocycles. The second-order valence-electron chi connectivity index (χ2n) is 4.95.